The molecule has 0 N–H and O–H groups in total. The molecule has 9 aromatic carbocycles. The summed E-state index contributed by atoms with van der Waals surface area (Å²) in [5.74, 6) is 0. The van der Waals surface area contributed by atoms with Crippen molar-refractivity contribution in [3.8, 4) is 11.4 Å². The molecule has 3 heteroatoms. The van der Waals surface area contributed by atoms with E-state index in [1.165, 1.54) is 65.0 Å². The van der Waals surface area contributed by atoms with E-state index in [0.29, 0.717) is 0 Å². The largest absolute Gasteiger partial charge is 0.455 e. The second kappa shape index (κ2) is 9.87. The van der Waals surface area contributed by atoms with Crippen LogP contribution in [0.5, 0.6) is 0 Å². The van der Waals surface area contributed by atoms with Gasteiger partial charge >= 0.3 is 0 Å². The zero-order chi connectivity index (χ0) is 33.2. The second-order valence-electron chi connectivity index (χ2n) is 13.6. The van der Waals surface area contributed by atoms with Gasteiger partial charge in [0, 0.05) is 38.3 Å². The Hall–Kier alpha value is -6.84. The highest BCUT2D eigenvalue weighted by Crippen LogP contribution is 2.46. The summed E-state index contributed by atoms with van der Waals surface area (Å²) in [6, 6.07) is 61.7. The average Bonchev–Trinajstić information content (AvgIpc) is 3.86. The maximum Gasteiger partial charge on any atom is 0.145 e. The van der Waals surface area contributed by atoms with E-state index in [4.69, 9.17) is 4.42 Å². The van der Waals surface area contributed by atoms with Gasteiger partial charge in [0.15, 0.2) is 0 Å². The third kappa shape index (κ3) is 3.52. The lowest BCUT2D eigenvalue weighted by Crippen LogP contribution is -1.96. The first-order valence-electron chi connectivity index (χ1n) is 17.5. The lowest BCUT2D eigenvalue weighted by atomic mass is 9.94. The molecule has 0 amide bonds. The molecule has 0 spiro atoms. The molecule has 12 aromatic rings. The molecule has 0 unspecified atom stereocenters. The minimum Gasteiger partial charge on any atom is -0.455 e. The van der Waals surface area contributed by atoms with Gasteiger partial charge < -0.3 is 13.6 Å². The molecular weight excluding hydrogens is 621 g/mol. The van der Waals surface area contributed by atoms with Crippen LogP contribution < -0.4 is 0 Å². The van der Waals surface area contributed by atoms with Crippen molar-refractivity contribution in [2.45, 2.75) is 0 Å². The highest BCUT2D eigenvalue weighted by Gasteiger charge is 2.24. The van der Waals surface area contributed by atoms with E-state index < -0.39 is 0 Å². The summed E-state index contributed by atoms with van der Waals surface area (Å²) < 4.78 is 11.7. The normalized spacial score (nSPS) is 12.3. The van der Waals surface area contributed by atoms with Gasteiger partial charge in [-0.05, 0) is 93.0 Å². The van der Waals surface area contributed by atoms with Crippen LogP contribution >= 0.6 is 0 Å². The smallest absolute Gasteiger partial charge is 0.145 e. The fraction of sp³-hybridized carbons (Fsp3) is 0. The summed E-state index contributed by atoms with van der Waals surface area (Å²) in [5.41, 5.74) is 8.80. The molecule has 3 heterocycles. The summed E-state index contributed by atoms with van der Waals surface area (Å²) in [5, 5.41) is 14.7. The summed E-state index contributed by atoms with van der Waals surface area (Å²) in [6.07, 6.45) is 0. The number of furan rings is 1. The third-order valence-corrected chi connectivity index (χ3v) is 11.1. The minimum atomic E-state index is 0.909. The van der Waals surface area contributed by atoms with E-state index in [9.17, 15) is 0 Å². The fourth-order valence-electron chi connectivity index (χ4n) is 8.98. The molecule has 0 aliphatic carbocycles. The predicted molar refractivity (Wildman–Crippen MR) is 215 cm³/mol. The monoisotopic (exact) mass is 648 g/mol. The van der Waals surface area contributed by atoms with Gasteiger partial charge in [0.2, 0.25) is 0 Å². The van der Waals surface area contributed by atoms with Crippen LogP contribution in [0.25, 0.3) is 109 Å². The Labute approximate surface area is 291 Å². The maximum atomic E-state index is 6.75. The predicted octanol–water partition coefficient (Wildman–Crippen LogP) is 13.2. The Kier molecular flexibility index (Phi) is 5.23. The molecule has 0 saturated heterocycles. The topological polar surface area (TPSA) is 23.0 Å². The number of benzene rings is 9. The molecule has 0 aliphatic rings. The van der Waals surface area contributed by atoms with Crippen molar-refractivity contribution < 1.29 is 4.42 Å². The van der Waals surface area contributed by atoms with Gasteiger partial charge in [-0.2, -0.15) is 0 Å². The van der Waals surface area contributed by atoms with Gasteiger partial charge in [-0.3, -0.25) is 0 Å². The third-order valence-electron chi connectivity index (χ3n) is 11.1. The first kappa shape index (κ1) is 27.0. The first-order chi connectivity index (χ1) is 25.3. The van der Waals surface area contributed by atoms with Gasteiger partial charge in [-0.15, -0.1) is 0 Å². The van der Waals surface area contributed by atoms with E-state index >= 15 is 0 Å². The van der Waals surface area contributed by atoms with E-state index in [2.05, 4.69) is 179 Å². The highest BCUT2D eigenvalue weighted by atomic mass is 16.3. The molecule has 0 saturated carbocycles. The molecule has 0 bridgehead atoms. The fourth-order valence-corrected chi connectivity index (χ4v) is 8.98. The number of aromatic nitrogens is 2. The van der Waals surface area contributed by atoms with Gasteiger partial charge in [-0.1, -0.05) is 109 Å². The molecule has 236 valence electrons. The van der Waals surface area contributed by atoms with E-state index in [0.717, 1.165) is 44.2 Å². The van der Waals surface area contributed by atoms with Gasteiger partial charge in [0.1, 0.15) is 11.2 Å². The van der Waals surface area contributed by atoms with E-state index in [-0.39, 0.29) is 0 Å². The summed E-state index contributed by atoms with van der Waals surface area (Å²) in [7, 11) is 0. The molecule has 12 rings (SSSR count). The van der Waals surface area contributed by atoms with Crippen molar-refractivity contribution in [1.29, 1.82) is 0 Å². The van der Waals surface area contributed by atoms with Gasteiger partial charge in [0.25, 0.3) is 0 Å². The SMILES string of the molecule is c1ccc(-n2c3ccccc3c3c2ccc2c4c5oc6ccccc6c5ccc4n(-c4ccc5c6ccccc6c6ccccc6c5c4)c23)cc1. The van der Waals surface area contributed by atoms with Crippen molar-refractivity contribution >= 4 is 97.9 Å². The summed E-state index contributed by atoms with van der Waals surface area (Å²) in [6.45, 7) is 0. The first-order valence-corrected chi connectivity index (χ1v) is 17.5. The Morgan fingerprint density at radius 3 is 1.61 bits per heavy atom. The number of rotatable bonds is 2. The standard InChI is InChI=1S/C48H28N2O/c1-2-12-29(13-3-1)49-41-20-10-8-19-38(41)45-42(49)27-25-39-46-43(26-24-37-36-18-9-11-21-44(36)51-48(37)46)50(47(39)45)30-22-23-35-33-16-5-4-14-31(33)32-15-6-7-17-34(32)40(35)28-30/h1-28H. The average molecular weight is 649 g/mol. The number of fused-ring (bicyclic) bond motifs is 17. The van der Waals surface area contributed by atoms with Crippen molar-refractivity contribution in [3.05, 3.63) is 170 Å². The Morgan fingerprint density at radius 2 is 0.863 bits per heavy atom. The lowest BCUT2D eigenvalue weighted by molar-refractivity contribution is 0.673. The molecule has 0 radical (unpaired) electrons. The van der Waals surface area contributed by atoms with Crippen LogP contribution in [0, 0.1) is 0 Å². The van der Waals surface area contributed by atoms with Crippen molar-refractivity contribution in [3.63, 3.8) is 0 Å². The molecule has 3 nitrogen and oxygen atoms in total. The van der Waals surface area contributed by atoms with Crippen LogP contribution in [0.4, 0.5) is 0 Å². The van der Waals surface area contributed by atoms with Crippen LogP contribution in [-0.2, 0) is 0 Å². The minimum absolute atomic E-state index is 0.909. The summed E-state index contributed by atoms with van der Waals surface area (Å²) in [4.78, 5) is 0. The van der Waals surface area contributed by atoms with Crippen LogP contribution in [0.1, 0.15) is 0 Å². The molecule has 0 atom stereocenters. The quantitative estimate of drug-likeness (QED) is 0.171. The van der Waals surface area contributed by atoms with Crippen molar-refractivity contribution in [2.75, 3.05) is 0 Å². The van der Waals surface area contributed by atoms with Crippen LogP contribution in [0.3, 0.4) is 0 Å². The zero-order valence-electron chi connectivity index (χ0n) is 27.5. The molecule has 0 fully saturated rings. The molecular formula is C48H28N2O. The van der Waals surface area contributed by atoms with Crippen LogP contribution in [0.2, 0.25) is 0 Å². The van der Waals surface area contributed by atoms with Gasteiger partial charge in [-0.25, -0.2) is 0 Å². The molecule has 0 aliphatic heterocycles. The van der Waals surface area contributed by atoms with E-state index in [1.54, 1.807) is 0 Å². The maximum absolute atomic E-state index is 6.75. The lowest BCUT2D eigenvalue weighted by Gasteiger charge is -2.14. The van der Waals surface area contributed by atoms with Crippen LogP contribution in [0.15, 0.2) is 174 Å². The van der Waals surface area contributed by atoms with E-state index in [1.807, 2.05) is 0 Å². The summed E-state index contributed by atoms with van der Waals surface area (Å²) >= 11 is 0. The van der Waals surface area contributed by atoms with Crippen molar-refractivity contribution in [1.82, 2.24) is 9.13 Å². The van der Waals surface area contributed by atoms with Crippen LogP contribution in [-0.4, -0.2) is 9.13 Å². The number of hydrogen-bond donors (Lipinski definition) is 0. The van der Waals surface area contributed by atoms with Crippen molar-refractivity contribution in [2.24, 2.45) is 0 Å². The highest BCUT2D eigenvalue weighted by molar-refractivity contribution is 6.31. The number of hydrogen-bond acceptors (Lipinski definition) is 1. The zero-order valence-corrected chi connectivity index (χ0v) is 27.5. The number of para-hydroxylation sites is 3. The Morgan fingerprint density at radius 1 is 0.314 bits per heavy atom. The second-order valence-corrected chi connectivity index (χ2v) is 13.6. The number of nitrogens with zero attached hydrogens (tertiary/aromatic N) is 2. The molecule has 51 heavy (non-hydrogen) atoms. The Bertz CT molecular complexity index is 3380. The van der Waals surface area contributed by atoms with Gasteiger partial charge in [0.05, 0.1) is 27.5 Å². The Balaban J connectivity index is 1.31. The molecule has 3 aromatic heterocycles.